The molecule has 31 heavy (non-hydrogen) atoms. The van der Waals surface area contributed by atoms with Gasteiger partial charge in [-0.15, -0.1) is 0 Å². The predicted molar refractivity (Wildman–Crippen MR) is 117 cm³/mol. The minimum Gasteiger partial charge on any atom is -0.494 e. The lowest BCUT2D eigenvalue weighted by atomic mass is 10.2. The second-order valence-corrected chi connectivity index (χ2v) is 12.3. The average Bonchev–Trinajstić information content (AvgIpc) is 3.24. The zero-order chi connectivity index (χ0) is 22.9. The molecule has 1 aliphatic rings. The van der Waals surface area contributed by atoms with Crippen molar-refractivity contribution in [3.05, 3.63) is 42.5 Å². The summed E-state index contributed by atoms with van der Waals surface area (Å²) in [6.07, 6.45) is 2.59. The number of sulfonamides is 3. The summed E-state index contributed by atoms with van der Waals surface area (Å²) < 4.78 is 84.6. The summed E-state index contributed by atoms with van der Waals surface area (Å²) in [6, 6.07) is 9.05. The minimum atomic E-state index is -4.02. The molecule has 13 heteroatoms. The zero-order valence-corrected chi connectivity index (χ0v) is 19.3. The van der Waals surface area contributed by atoms with Crippen LogP contribution in [0.3, 0.4) is 0 Å². The quantitative estimate of drug-likeness (QED) is 0.575. The van der Waals surface area contributed by atoms with Gasteiger partial charge in [0.1, 0.15) is 5.75 Å². The topological polar surface area (TPSA) is 139 Å². The molecule has 1 saturated heterocycles. The van der Waals surface area contributed by atoms with Gasteiger partial charge in [-0.3, -0.25) is 9.44 Å². The molecule has 1 aliphatic heterocycles. The van der Waals surface area contributed by atoms with E-state index >= 15 is 0 Å². The molecule has 2 N–H and O–H groups in total. The van der Waals surface area contributed by atoms with Crippen molar-refractivity contribution in [2.24, 2.45) is 0 Å². The molecule has 0 aliphatic carbocycles. The summed E-state index contributed by atoms with van der Waals surface area (Å²) in [5.74, 6) is 0.123. The first-order valence-corrected chi connectivity index (χ1v) is 14.0. The van der Waals surface area contributed by atoms with Crippen LogP contribution < -0.4 is 14.2 Å². The molecular weight excluding hydrogens is 466 g/mol. The van der Waals surface area contributed by atoms with Gasteiger partial charge in [-0.1, -0.05) is 0 Å². The van der Waals surface area contributed by atoms with Gasteiger partial charge in [-0.25, -0.2) is 25.3 Å². The van der Waals surface area contributed by atoms with E-state index in [4.69, 9.17) is 4.74 Å². The number of rotatable bonds is 8. The maximum Gasteiger partial charge on any atom is 0.261 e. The van der Waals surface area contributed by atoms with E-state index < -0.39 is 30.1 Å². The summed E-state index contributed by atoms with van der Waals surface area (Å²) in [5.41, 5.74) is 0.300. The van der Waals surface area contributed by atoms with E-state index in [-0.39, 0.29) is 26.9 Å². The maximum absolute atomic E-state index is 12.7. The number of benzene rings is 2. The van der Waals surface area contributed by atoms with E-state index in [1.54, 1.807) is 0 Å². The molecule has 0 aromatic heterocycles. The van der Waals surface area contributed by atoms with Crippen molar-refractivity contribution >= 4 is 41.4 Å². The van der Waals surface area contributed by atoms with Crippen molar-refractivity contribution in [1.29, 1.82) is 0 Å². The van der Waals surface area contributed by atoms with Crippen LogP contribution >= 0.6 is 0 Å². The van der Waals surface area contributed by atoms with Gasteiger partial charge in [-0.2, -0.15) is 4.31 Å². The van der Waals surface area contributed by atoms with E-state index in [0.717, 1.165) is 19.1 Å². The van der Waals surface area contributed by atoms with E-state index in [0.29, 0.717) is 13.1 Å². The monoisotopic (exact) mass is 489 g/mol. The van der Waals surface area contributed by atoms with Gasteiger partial charge in [0.25, 0.3) is 10.0 Å². The van der Waals surface area contributed by atoms with Crippen molar-refractivity contribution in [2.45, 2.75) is 22.6 Å². The molecule has 0 radical (unpaired) electrons. The number of ether oxygens (including phenoxy) is 1. The summed E-state index contributed by atoms with van der Waals surface area (Å²) in [6.45, 7) is 0.909. The van der Waals surface area contributed by atoms with E-state index in [2.05, 4.69) is 9.44 Å². The van der Waals surface area contributed by atoms with Gasteiger partial charge < -0.3 is 4.74 Å². The first kappa shape index (κ1) is 23.3. The molecule has 1 heterocycles. The van der Waals surface area contributed by atoms with Crippen LogP contribution in [0.4, 0.5) is 11.4 Å². The molecule has 0 unspecified atom stereocenters. The average molecular weight is 490 g/mol. The van der Waals surface area contributed by atoms with Crippen LogP contribution in [0.15, 0.2) is 52.3 Å². The van der Waals surface area contributed by atoms with Gasteiger partial charge in [-0.05, 0) is 49.2 Å². The van der Waals surface area contributed by atoms with Crippen LogP contribution in [0.2, 0.25) is 0 Å². The first-order chi connectivity index (χ1) is 14.4. The Balaban J connectivity index is 1.82. The van der Waals surface area contributed by atoms with Crippen molar-refractivity contribution in [1.82, 2.24) is 4.31 Å². The van der Waals surface area contributed by atoms with E-state index in [1.165, 1.54) is 53.9 Å². The Hall–Kier alpha value is -2.35. The highest BCUT2D eigenvalue weighted by molar-refractivity contribution is 7.93. The Morgan fingerprint density at radius 3 is 1.97 bits per heavy atom. The SMILES string of the molecule is COc1cc(NS(=O)(=O)c2ccc(S(=O)(=O)N3CCCC3)cc2)ccc1NS(C)(=O)=O. The molecule has 170 valence electrons. The van der Waals surface area contributed by atoms with Crippen molar-refractivity contribution in [3.8, 4) is 5.75 Å². The second-order valence-electron chi connectivity index (χ2n) is 6.98. The fourth-order valence-electron chi connectivity index (χ4n) is 3.12. The molecule has 10 nitrogen and oxygen atoms in total. The van der Waals surface area contributed by atoms with Crippen LogP contribution in [0.5, 0.6) is 5.75 Å². The largest absolute Gasteiger partial charge is 0.494 e. The van der Waals surface area contributed by atoms with Crippen molar-refractivity contribution < 1.29 is 30.0 Å². The number of anilines is 2. The highest BCUT2D eigenvalue weighted by Gasteiger charge is 2.27. The third-order valence-corrected chi connectivity index (χ3v) is 8.49. The lowest BCUT2D eigenvalue weighted by Gasteiger charge is -2.16. The molecule has 2 aromatic rings. The Morgan fingerprint density at radius 2 is 1.42 bits per heavy atom. The van der Waals surface area contributed by atoms with E-state index in [9.17, 15) is 25.3 Å². The summed E-state index contributed by atoms with van der Waals surface area (Å²) >= 11 is 0. The molecule has 0 atom stereocenters. The minimum absolute atomic E-state index is 0.0335. The highest BCUT2D eigenvalue weighted by Crippen LogP contribution is 2.30. The van der Waals surface area contributed by atoms with Crippen LogP contribution in [0, 0.1) is 0 Å². The Kier molecular flexibility index (Phi) is 6.51. The fourth-order valence-corrected chi connectivity index (χ4v) is 6.26. The van der Waals surface area contributed by atoms with Gasteiger partial charge in [0.15, 0.2) is 0 Å². The van der Waals surface area contributed by atoms with Gasteiger partial charge in [0, 0.05) is 19.2 Å². The molecule has 0 saturated carbocycles. The molecule has 2 aromatic carbocycles. The van der Waals surface area contributed by atoms with Gasteiger partial charge >= 0.3 is 0 Å². The number of nitrogens with zero attached hydrogens (tertiary/aromatic N) is 1. The third kappa shape index (κ3) is 5.47. The summed E-state index contributed by atoms with van der Waals surface area (Å²) in [7, 11) is -9.89. The van der Waals surface area contributed by atoms with Crippen LogP contribution in [0.25, 0.3) is 0 Å². The normalized spacial score (nSPS) is 15.5. The molecule has 0 bridgehead atoms. The summed E-state index contributed by atoms with van der Waals surface area (Å²) in [4.78, 5) is -0.0867. The first-order valence-electron chi connectivity index (χ1n) is 9.21. The van der Waals surface area contributed by atoms with Crippen molar-refractivity contribution in [2.75, 3.05) is 35.9 Å². The van der Waals surface area contributed by atoms with Gasteiger partial charge in [0.05, 0.1) is 34.5 Å². The number of hydrogen-bond donors (Lipinski definition) is 2. The molecule has 1 fully saturated rings. The third-order valence-electron chi connectivity index (χ3n) is 4.59. The van der Waals surface area contributed by atoms with E-state index in [1.807, 2.05) is 0 Å². The number of hydrogen-bond acceptors (Lipinski definition) is 7. The fraction of sp³-hybridized carbons (Fsp3) is 0.333. The number of nitrogens with one attached hydrogen (secondary N) is 2. The summed E-state index contributed by atoms with van der Waals surface area (Å²) in [5, 5.41) is 0. The molecule has 0 amide bonds. The lowest BCUT2D eigenvalue weighted by molar-refractivity contribution is 0.417. The standard InChI is InChI=1S/C18H23N3O7S3/c1-28-18-13-14(5-10-17(18)20-29(2,22)23)19-30(24,25)15-6-8-16(9-7-15)31(26,27)21-11-3-4-12-21/h5-10,13,19-20H,3-4,11-12H2,1-2H3. The molecule has 0 spiro atoms. The van der Waals surface area contributed by atoms with Gasteiger partial charge in [0.2, 0.25) is 20.0 Å². The second kappa shape index (κ2) is 8.65. The molecular formula is C18H23N3O7S3. The van der Waals surface area contributed by atoms with Crippen LogP contribution in [0.1, 0.15) is 12.8 Å². The Bertz CT molecular complexity index is 1270. The lowest BCUT2D eigenvalue weighted by Crippen LogP contribution is -2.27. The number of methoxy groups -OCH3 is 1. The highest BCUT2D eigenvalue weighted by atomic mass is 32.2. The molecule has 3 rings (SSSR count). The Morgan fingerprint density at radius 1 is 0.839 bits per heavy atom. The van der Waals surface area contributed by atoms with Crippen LogP contribution in [-0.4, -0.2) is 56.0 Å². The van der Waals surface area contributed by atoms with Crippen molar-refractivity contribution in [3.63, 3.8) is 0 Å². The predicted octanol–water partition coefficient (Wildman–Crippen LogP) is 1.65. The zero-order valence-electron chi connectivity index (χ0n) is 16.9. The Labute approximate surface area is 182 Å². The maximum atomic E-state index is 12.7. The van der Waals surface area contributed by atoms with Crippen LogP contribution in [-0.2, 0) is 30.1 Å². The smallest absolute Gasteiger partial charge is 0.261 e.